The molecule has 2 fully saturated rings. The SMILES string of the molecule is CC(C)(/C=C(/F)C#N)N1CCN(C2COC2)CC1. The Morgan fingerprint density at radius 1 is 1.33 bits per heavy atom. The lowest BCUT2D eigenvalue weighted by Crippen LogP contribution is -2.59. The van der Waals surface area contributed by atoms with E-state index in [4.69, 9.17) is 10.00 Å². The molecule has 0 spiro atoms. The van der Waals surface area contributed by atoms with Gasteiger partial charge in [0.15, 0.2) is 5.83 Å². The maximum atomic E-state index is 13.1. The predicted molar refractivity (Wildman–Crippen MR) is 66.6 cm³/mol. The van der Waals surface area contributed by atoms with Gasteiger partial charge in [-0.05, 0) is 19.9 Å². The molecule has 0 radical (unpaired) electrons. The lowest BCUT2D eigenvalue weighted by molar-refractivity contribution is -0.0816. The molecule has 0 N–H and O–H groups in total. The van der Waals surface area contributed by atoms with Gasteiger partial charge in [-0.1, -0.05) is 0 Å². The molecule has 0 aromatic carbocycles. The molecule has 0 saturated carbocycles. The molecule has 100 valence electrons. The van der Waals surface area contributed by atoms with Crippen LogP contribution in [0.4, 0.5) is 4.39 Å². The van der Waals surface area contributed by atoms with E-state index in [0.717, 1.165) is 39.4 Å². The summed E-state index contributed by atoms with van der Waals surface area (Å²) >= 11 is 0. The largest absolute Gasteiger partial charge is 0.378 e. The summed E-state index contributed by atoms with van der Waals surface area (Å²) in [6.45, 7) is 9.35. The first-order chi connectivity index (χ1) is 8.53. The lowest BCUT2D eigenvalue weighted by Gasteiger charge is -2.46. The Morgan fingerprint density at radius 3 is 2.39 bits per heavy atom. The number of hydrogen-bond acceptors (Lipinski definition) is 4. The van der Waals surface area contributed by atoms with E-state index < -0.39 is 11.4 Å². The third kappa shape index (κ3) is 2.89. The van der Waals surface area contributed by atoms with E-state index in [1.165, 1.54) is 6.08 Å². The van der Waals surface area contributed by atoms with Crippen LogP contribution in [0, 0.1) is 11.3 Å². The third-order valence-electron chi connectivity index (χ3n) is 3.85. The molecule has 0 aromatic heterocycles. The van der Waals surface area contributed by atoms with E-state index in [1.54, 1.807) is 6.07 Å². The van der Waals surface area contributed by atoms with Gasteiger partial charge in [-0.25, -0.2) is 0 Å². The zero-order valence-electron chi connectivity index (χ0n) is 11.0. The topological polar surface area (TPSA) is 39.5 Å². The standard InChI is InChI=1S/C13H20FN3O/c1-13(2,7-11(14)8-15)17-5-3-16(4-6-17)12-9-18-10-12/h7,12H,3-6,9-10H2,1-2H3/b11-7+. The highest BCUT2D eigenvalue weighted by Gasteiger charge is 2.33. The summed E-state index contributed by atoms with van der Waals surface area (Å²) < 4.78 is 18.3. The lowest BCUT2D eigenvalue weighted by atomic mass is 10.00. The summed E-state index contributed by atoms with van der Waals surface area (Å²) in [5.74, 6) is -0.699. The van der Waals surface area contributed by atoms with Crippen LogP contribution in [-0.2, 0) is 4.74 Å². The van der Waals surface area contributed by atoms with Crippen molar-refractivity contribution in [2.45, 2.75) is 25.4 Å². The van der Waals surface area contributed by atoms with Crippen LogP contribution in [0.3, 0.4) is 0 Å². The van der Waals surface area contributed by atoms with E-state index in [9.17, 15) is 4.39 Å². The monoisotopic (exact) mass is 253 g/mol. The van der Waals surface area contributed by atoms with Crippen LogP contribution in [0.5, 0.6) is 0 Å². The number of ether oxygens (including phenoxy) is 1. The summed E-state index contributed by atoms with van der Waals surface area (Å²) in [5, 5.41) is 8.52. The van der Waals surface area contributed by atoms with Crippen LogP contribution in [0.15, 0.2) is 11.9 Å². The molecule has 0 unspecified atom stereocenters. The molecular weight excluding hydrogens is 233 g/mol. The second-order valence-electron chi connectivity index (χ2n) is 5.47. The van der Waals surface area contributed by atoms with Crippen LogP contribution in [-0.4, -0.2) is 60.8 Å². The Hall–Kier alpha value is -0.960. The molecule has 0 bridgehead atoms. The Morgan fingerprint density at radius 2 is 1.94 bits per heavy atom. The fourth-order valence-corrected chi connectivity index (χ4v) is 2.53. The van der Waals surface area contributed by atoms with Crippen LogP contribution in [0.2, 0.25) is 0 Å². The number of piperazine rings is 1. The van der Waals surface area contributed by atoms with Gasteiger partial charge in [-0.2, -0.15) is 9.65 Å². The van der Waals surface area contributed by atoms with E-state index in [2.05, 4.69) is 9.80 Å². The minimum atomic E-state index is -0.699. The van der Waals surface area contributed by atoms with Gasteiger partial charge < -0.3 is 4.74 Å². The van der Waals surface area contributed by atoms with Crippen molar-refractivity contribution in [3.05, 3.63) is 11.9 Å². The normalized spacial score (nSPS) is 24.7. The number of hydrogen-bond donors (Lipinski definition) is 0. The van der Waals surface area contributed by atoms with Crippen molar-refractivity contribution in [3.63, 3.8) is 0 Å². The van der Waals surface area contributed by atoms with Crippen molar-refractivity contribution in [1.82, 2.24) is 9.80 Å². The van der Waals surface area contributed by atoms with Crippen molar-refractivity contribution in [2.24, 2.45) is 0 Å². The maximum Gasteiger partial charge on any atom is 0.197 e. The van der Waals surface area contributed by atoms with Crippen LogP contribution < -0.4 is 0 Å². The fourth-order valence-electron chi connectivity index (χ4n) is 2.53. The maximum absolute atomic E-state index is 13.1. The Kier molecular flexibility index (Phi) is 4.00. The average Bonchev–Trinajstić information content (AvgIpc) is 2.27. The molecule has 2 heterocycles. The highest BCUT2D eigenvalue weighted by atomic mass is 19.1. The number of allylic oxidation sites excluding steroid dienone is 1. The van der Waals surface area contributed by atoms with Crippen molar-refractivity contribution in [3.8, 4) is 6.07 Å². The molecule has 2 aliphatic rings. The molecule has 18 heavy (non-hydrogen) atoms. The van der Waals surface area contributed by atoms with Gasteiger partial charge in [0.2, 0.25) is 0 Å². The third-order valence-corrected chi connectivity index (χ3v) is 3.85. The molecule has 2 aliphatic heterocycles. The van der Waals surface area contributed by atoms with Crippen molar-refractivity contribution in [2.75, 3.05) is 39.4 Å². The minimum Gasteiger partial charge on any atom is -0.378 e. The van der Waals surface area contributed by atoms with E-state index >= 15 is 0 Å². The second-order valence-corrected chi connectivity index (χ2v) is 5.47. The summed E-state index contributed by atoms with van der Waals surface area (Å²) in [5.41, 5.74) is -0.401. The summed E-state index contributed by atoms with van der Waals surface area (Å²) in [6.07, 6.45) is 1.41. The van der Waals surface area contributed by atoms with E-state index in [0.29, 0.717) is 6.04 Å². The summed E-state index contributed by atoms with van der Waals surface area (Å²) in [7, 11) is 0. The van der Waals surface area contributed by atoms with Gasteiger partial charge in [0.05, 0.1) is 19.3 Å². The van der Waals surface area contributed by atoms with Crippen molar-refractivity contribution in [1.29, 1.82) is 5.26 Å². The molecule has 2 saturated heterocycles. The molecule has 5 heteroatoms. The predicted octanol–water partition coefficient (Wildman–Crippen LogP) is 1.16. The Labute approximate surface area is 108 Å². The number of halogens is 1. The quantitative estimate of drug-likeness (QED) is 0.708. The van der Waals surface area contributed by atoms with Crippen LogP contribution >= 0.6 is 0 Å². The van der Waals surface area contributed by atoms with Crippen molar-refractivity contribution < 1.29 is 9.13 Å². The van der Waals surface area contributed by atoms with Gasteiger partial charge in [0, 0.05) is 31.7 Å². The molecule has 0 amide bonds. The van der Waals surface area contributed by atoms with Gasteiger partial charge in [0.25, 0.3) is 0 Å². The first kappa shape index (κ1) is 13.5. The zero-order chi connectivity index (χ0) is 13.2. The van der Waals surface area contributed by atoms with E-state index in [1.807, 2.05) is 13.8 Å². The smallest absolute Gasteiger partial charge is 0.197 e. The first-order valence-corrected chi connectivity index (χ1v) is 6.38. The van der Waals surface area contributed by atoms with Gasteiger partial charge in [-0.3, -0.25) is 9.80 Å². The van der Waals surface area contributed by atoms with Crippen molar-refractivity contribution >= 4 is 0 Å². The summed E-state index contributed by atoms with van der Waals surface area (Å²) in [6, 6.07) is 2.12. The van der Waals surface area contributed by atoms with Gasteiger partial charge in [0.1, 0.15) is 6.07 Å². The number of rotatable bonds is 3. The van der Waals surface area contributed by atoms with Crippen LogP contribution in [0.25, 0.3) is 0 Å². The average molecular weight is 253 g/mol. The highest BCUT2D eigenvalue weighted by molar-refractivity contribution is 5.18. The Balaban J connectivity index is 1.90. The minimum absolute atomic E-state index is 0.401. The zero-order valence-corrected chi connectivity index (χ0v) is 11.0. The Bertz CT molecular complexity index is 363. The van der Waals surface area contributed by atoms with Gasteiger partial charge >= 0.3 is 0 Å². The number of nitrogens with zero attached hydrogens (tertiary/aromatic N) is 3. The fraction of sp³-hybridized carbons (Fsp3) is 0.769. The first-order valence-electron chi connectivity index (χ1n) is 6.38. The highest BCUT2D eigenvalue weighted by Crippen LogP contribution is 2.22. The summed E-state index contributed by atoms with van der Waals surface area (Å²) in [4.78, 5) is 4.65. The van der Waals surface area contributed by atoms with E-state index in [-0.39, 0.29) is 0 Å². The second kappa shape index (κ2) is 5.35. The molecule has 0 aliphatic carbocycles. The molecule has 2 rings (SSSR count). The molecule has 4 nitrogen and oxygen atoms in total. The van der Waals surface area contributed by atoms with Gasteiger partial charge in [-0.15, -0.1) is 0 Å². The molecular formula is C13H20FN3O. The van der Waals surface area contributed by atoms with Crippen LogP contribution in [0.1, 0.15) is 13.8 Å². The number of nitriles is 1. The molecule has 0 aromatic rings. The molecule has 0 atom stereocenters.